The van der Waals surface area contributed by atoms with E-state index < -0.39 is 15.9 Å². The molecule has 2 aliphatic heterocycles. The van der Waals surface area contributed by atoms with E-state index in [2.05, 4.69) is 5.32 Å². The molecule has 0 saturated carbocycles. The molecule has 5 nitrogen and oxygen atoms in total. The molecular weight excluding hydrogens is 204 g/mol. The topological polar surface area (TPSA) is 69.6 Å². The molecule has 2 saturated heterocycles. The highest BCUT2D eigenvalue weighted by Crippen LogP contribution is 2.20. The highest BCUT2D eigenvalue weighted by atomic mass is 32.2. The Morgan fingerprint density at radius 3 is 2.36 bits per heavy atom. The molecule has 2 fully saturated rings. The fourth-order valence-corrected chi connectivity index (χ4v) is 3.89. The van der Waals surface area contributed by atoms with Crippen LogP contribution in [-0.4, -0.2) is 68.3 Å². The first-order valence-corrected chi connectivity index (χ1v) is 6.63. The van der Waals surface area contributed by atoms with Gasteiger partial charge < -0.3 is 10.4 Å². The highest BCUT2D eigenvalue weighted by Gasteiger charge is 2.41. The summed E-state index contributed by atoms with van der Waals surface area (Å²) in [7, 11) is -1.13. The van der Waals surface area contributed by atoms with Crippen LogP contribution in [0.15, 0.2) is 0 Å². The maximum Gasteiger partial charge on any atom is 0.154 e. The molecule has 0 aliphatic carbocycles. The molecule has 0 aromatic carbocycles. The van der Waals surface area contributed by atoms with E-state index in [4.69, 9.17) is 0 Å². The lowest BCUT2D eigenvalue weighted by molar-refractivity contribution is 0.0558. The van der Waals surface area contributed by atoms with Crippen molar-refractivity contribution < 1.29 is 13.5 Å². The minimum absolute atomic E-state index is 0.0812. The third kappa shape index (κ3) is 1.79. The van der Waals surface area contributed by atoms with Gasteiger partial charge in [0.05, 0.1) is 23.7 Å². The maximum absolute atomic E-state index is 11.3. The Balaban J connectivity index is 2.04. The predicted molar refractivity (Wildman–Crippen MR) is 52.9 cm³/mol. The van der Waals surface area contributed by atoms with Crippen molar-refractivity contribution in [1.82, 2.24) is 10.2 Å². The van der Waals surface area contributed by atoms with Crippen LogP contribution in [0.1, 0.15) is 0 Å². The molecule has 0 aromatic rings. The van der Waals surface area contributed by atoms with Gasteiger partial charge in [0.25, 0.3) is 0 Å². The van der Waals surface area contributed by atoms with Crippen molar-refractivity contribution in [1.29, 1.82) is 0 Å². The SMILES string of the molecule is CN(C1CNC1)[C@@H]1CS(=O)(=O)C[C@H]1O. The van der Waals surface area contributed by atoms with Crippen LogP contribution < -0.4 is 5.32 Å². The average Bonchev–Trinajstić information content (AvgIpc) is 2.20. The molecule has 2 atom stereocenters. The smallest absolute Gasteiger partial charge is 0.154 e. The third-order valence-corrected chi connectivity index (χ3v) is 4.85. The first kappa shape index (κ1) is 10.4. The first-order chi connectivity index (χ1) is 6.49. The van der Waals surface area contributed by atoms with Gasteiger partial charge in [-0.05, 0) is 7.05 Å². The van der Waals surface area contributed by atoms with Crippen LogP contribution >= 0.6 is 0 Å². The van der Waals surface area contributed by atoms with Gasteiger partial charge in [-0.1, -0.05) is 0 Å². The lowest BCUT2D eigenvalue weighted by Gasteiger charge is -2.39. The summed E-state index contributed by atoms with van der Waals surface area (Å²) in [4.78, 5) is 1.99. The summed E-state index contributed by atoms with van der Waals surface area (Å²) in [5.74, 6) is 0.0172. The summed E-state index contributed by atoms with van der Waals surface area (Å²) in [6.45, 7) is 1.78. The number of aliphatic hydroxyl groups excluding tert-OH is 1. The Morgan fingerprint density at radius 2 is 2.00 bits per heavy atom. The molecule has 0 radical (unpaired) electrons. The summed E-state index contributed by atoms with van der Waals surface area (Å²) in [6, 6.07) is 0.162. The molecule has 2 rings (SSSR count). The van der Waals surface area contributed by atoms with Crippen LogP contribution in [0, 0.1) is 0 Å². The standard InChI is InChI=1S/C8H16N2O3S/c1-10(6-2-9-3-6)7-4-14(12,13)5-8(7)11/h6-9,11H,2-5H2,1H3/t7-,8-/m1/s1. The van der Waals surface area contributed by atoms with Gasteiger partial charge >= 0.3 is 0 Å². The van der Waals surface area contributed by atoms with Gasteiger partial charge in [-0.2, -0.15) is 0 Å². The van der Waals surface area contributed by atoms with Crippen molar-refractivity contribution in [3.05, 3.63) is 0 Å². The van der Waals surface area contributed by atoms with E-state index >= 15 is 0 Å². The van der Waals surface area contributed by atoms with Gasteiger partial charge in [0, 0.05) is 19.1 Å². The van der Waals surface area contributed by atoms with Crippen LogP contribution in [0.4, 0.5) is 0 Å². The van der Waals surface area contributed by atoms with Crippen molar-refractivity contribution in [3.8, 4) is 0 Å². The zero-order valence-corrected chi connectivity index (χ0v) is 9.00. The Labute approximate surface area is 84.0 Å². The summed E-state index contributed by atoms with van der Waals surface area (Å²) < 4.78 is 22.6. The Kier molecular flexibility index (Phi) is 2.55. The van der Waals surface area contributed by atoms with Crippen molar-refractivity contribution in [2.45, 2.75) is 18.2 Å². The molecule has 0 unspecified atom stereocenters. The highest BCUT2D eigenvalue weighted by molar-refractivity contribution is 7.91. The van der Waals surface area contributed by atoms with E-state index in [1.54, 1.807) is 0 Å². The summed E-state index contributed by atoms with van der Waals surface area (Å²) in [5, 5.41) is 12.8. The van der Waals surface area contributed by atoms with Gasteiger partial charge in [-0.15, -0.1) is 0 Å². The normalized spacial score (nSPS) is 37.4. The fraction of sp³-hybridized carbons (Fsp3) is 1.00. The monoisotopic (exact) mass is 220 g/mol. The van der Waals surface area contributed by atoms with E-state index in [9.17, 15) is 13.5 Å². The van der Waals surface area contributed by atoms with Crippen molar-refractivity contribution in [2.75, 3.05) is 31.6 Å². The fourth-order valence-electron chi connectivity index (χ4n) is 2.03. The molecular formula is C8H16N2O3S. The largest absolute Gasteiger partial charge is 0.390 e. The molecule has 0 aromatic heterocycles. The van der Waals surface area contributed by atoms with Crippen LogP contribution in [0.25, 0.3) is 0 Å². The molecule has 14 heavy (non-hydrogen) atoms. The second-order valence-corrected chi connectivity index (χ2v) is 6.34. The quantitative estimate of drug-likeness (QED) is 0.566. The van der Waals surface area contributed by atoms with Crippen LogP contribution in [0.5, 0.6) is 0 Å². The number of nitrogens with zero attached hydrogens (tertiary/aromatic N) is 1. The van der Waals surface area contributed by atoms with E-state index in [0.717, 1.165) is 13.1 Å². The Hall–Kier alpha value is -0.170. The maximum atomic E-state index is 11.3. The summed E-state index contributed by atoms with van der Waals surface area (Å²) in [5.41, 5.74) is 0. The molecule has 2 N–H and O–H groups in total. The molecule has 2 aliphatic rings. The summed E-state index contributed by atoms with van der Waals surface area (Å²) in [6.07, 6.45) is -0.717. The number of likely N-dealkylation sites (N-methyl/N-ethyl adjacent to an activating group) is 1. The molecule has 0 bridgehead atoms. The van der Waals surface area contributed by atoms with Crippen molar-refractivity contribution >= 4 is 9.84 Å². The first-order valence-electron chi connectivity index (χ1n) is 4.81. The number of sulfone groups is 1. The molecule has 6 heteroatoms. The van der Waals surface area contributed by atoms with Gasteiger partial charge in [-0.25, -0.2) is 8.42 Å². The second-order valence-electron chi connectivity index (χ2n) is 4.19. The average molecular weight is 220 g/mol. The number of hydrogen-bond acceptors (Lipinski definition) is 5. The number of aliphatic hydroxyl groups is 1. The zero-order chi connectivity index (χ0) is 10.3. The van der Waals surface area contributed by atoms with Gasteiger partial charge in [-0.3, -0.25) is 4.90 Å². The van der Waals surface area contributed by atoms with Crippen molar-refractivity contribution in [3.63, 3.8) is 0 Å². The van der Waals surface area contributed by atoms with Crippen LogP contribution in [0.2, 0.25) is 0 Å². The zero-order valence-electron chi connectivity index (χ0n) is 8.18. The molecule has 0 spiro atoms. The second kappa shape index (κ2) is 3.44. The minimum atomic E-state index is -3.02. The Morgan fingerprint density at radius 1 is 1.36 bits per heavy atom. The predicted octanol–water partition coefficient (Wildman–Crippen LogP) is -1.95. The summed E-state index contributed by atoms with van der Waals surface area (Å²) >= 11 is 0. The number of rotatable bonds is 2. The molecule has 0 amide bonds. The number of hydrogen-bond donors (Lipinski definition) is 2. The number of nitrogens with one attached hydrogen (secondary N) is 1. The van der Waals surface area contributed by atoms with Gasteiger partial charge in [0.2, 0.25) is 0 Å². The van der Waals surface area contributed by atoms with Crippen molar-refractivity contribution in [2.24, 2.45) is 0 Å². The lowest BCUT2D eigenvalue weighted by Crippen LogP contribution is -2.60. The van der Waals surface area contributed by atoms with Crippen LogP contribution in [0.3, 0.4) is 0 Å². The van der Waals surface area contributed by atoms with E-state index in [0.29, 0.717) is 6.04 Å². The van der Waals surface area contributed by atoms with E-state index in [1.807, 2.05) is 11.9 Å². The van der Waals surface area contributed by atoms with E-state index in [1.165, 1.54) is 0 Å². The van der Waals surface area contributed by atoms with Gasteiger partial charge in [0.1, 0.15) is 0 Å². The molecule has 82 valence electrons. The van der Waals surface area contributed by atoms with Crippen LogP contribution in [-0.2, 0) is 9.84 Å². The Bertz CT molecular complexity index is 313. The molecule has 2 heterocycles. The minimum Gasteiger partial charge on any atom is -0.390 e. The lowest BCUT2D eigenvalue weighted by atomic mass is 10.1. The van der Waals surface area contributed by atoms with Gasteiger partial charge in [0.15, 0.2) is 9.84 Å². The third-order valence-electron chi connectivity index (χ3n) is 3.15. The van der Waals surface area contributed by atoms with E-state index in [-0.39, 0.29) is 17.5 Å².